The number of amides is 1. The van der Waals surface area contributed by atoms with Crippen molar-refractivity contribution >= 4 is 11.9 Å². The van der Waals surface area contributed by atoms with E-state index in [4.69, 9.17) is 10.8 Å². The van der Waals surface area contributed by atoms with Gasteiger partial charge in [-0.1, -0.05) is 20.8 Å². The van der Waals surface area contributed by atoms with Gasteiger partial charge in [-0.15, -0.1) is 0 Å². The Balaban J connectivity index is 2.65. The minimum Gasteiger partial charge on any atom is -0.478 e. The summed E-state index contributed by atoms with van der Waals surface area (Å²) in [7, 11) is 0. The molecule has 0 aliphatic heterocycles. The van der Waals surface area contributed by atoms with Crippen molar-refractivity contribution in [1.82, 2.24) is 10.3 Å². The molecule has 1 aromatic heterocycles. The number of carboxylic acid groups (broad SMARTS) is 1. The van der Waals surface area contributed by atoms with Crippen molar-refractivity contribution in [3.05, 3.63) is 29.6 Å². The van der Waals surface area contributed by atoms with Crippen molar-refractivity contribution in [3.8, 4) is 0 Å². The summed E-state index contributed by atoms with van der Waals surface area (Å²) in [5, 5.41) is 11.5. The van der Waals surface area contributed by atoms with E-state index in [1.807, 2.05) is 20.8 Å². The third kappa shape index (κ3) is 4.33. The van der Waals surface area contributed by atoms with Gasteiger partial charge in [0.1, 0.15) is 0 Å². The number of hydrogen-bond donors (Lipinski definition) is 3. The molecule has 0 saturated heterocycles. The molecule has 0 aliphatic carbocycles. The van der Waals surface area contributed by atoms with Crippen LogP contribution in [0.4, 0.5) is 0 Å². The van der Waals surface area contributed by atoms with Crippen LogP contribution >= 0.6 is 0 Å². The highest BCUT2D eigenvalue weighted by Crippen LogP contribution is 2.17. The lowest BCUT2D eigenvalue weighted by atomic mass is 9.87. The first-order chi connectivity index (χ1) is 8.71. The Morgan fingerprint density at radius 2 is 2.11 bits per heavy atom. The predicted octanol–water partition coefficient (Wildman–Crippen LogP) is 0.769. The third-order valence-corrected chi connectivity index (χ3v) is 2.72. The quantitative estimate of drug-likeness (QED) is 0.745. The van der Waals surface area contributed by atoms with Gasteiger partial charge < -0.3 is 16.2 Å². The molecule has 6 heteroatoms. The smallest absolute Gasteiger partial charge is 0.335 e. The number of aromatic nitrogens is 1. The summed E-state index contributed by atoms with van der Waals surface area (Å²) >= 11 is 0. The minimum absolute atomic E-state index is 0.138. The first kappa shape index (κ1) is 15.1. The third-order valence-electron chi connectivity index (χ3n) is 2.72. The summed E-state index contributed by atoms with van der Waals surface area (Å²) in [5.74, 6) is -1.31. The van der Waals surface area contributed by atoms with Crippen LogP contribution < -0.4 is 11.1 Å². The Morgan fingerprint density at radius 3 is 2.63 bits per heavy atom. The Morgan fingerprint density at radius 1 is 1.47 bits per heavy atom. The highest BCUT2D eigenvalue weighted by atomic mass is 16.4. The average molecular weight is 265 g/mol. The van der Waals surface area contributed by atoms with Crippen LogP contribution in [0.1, 0.15) is 36.8 Å². The van der Waals surface area contributed by atoms with Crippen LogP contribution in [0.25, 0.3) is 0 Å². The van der Waals surface area contributed by atoms with E-state index in [1.165, 1.54) is 18.3 Å². The molecule has 0 spiro atoms. The van der Waals surface area contributed by atoms with E-state index in [1.54, 1.807) is 0 Å². The highest BCUT2D eigenvalue weighted by Gasteiger charge is 2.27. The van der Waals surface area contributed by atoms with Crippen LogP contribution in [0.15, 0.2) is 18.3 Å². The first-order valence-electron chi connectivity index (χ1n) is 5.93. The molecular weight excluding hydrogens is 246 g/mol. The second-order valence-corrected chi connectivity index (χ2v) is 5.40. The molecule has 0 radical (unpaired) electrons. The molecule has 4 N–H and O–H groups in total. The highest BCUT2D eigenvalue weighted by molar-refractivity contribution is 5.87. The van der Waals surface area contributed by atoms with E-state index in [9.17, 15) is 9.59 Å². The first-order valence-corrected chi connectivity index (χ1v) is 5.93. The second-order valence-electron chi connectivity index (χ2n) is 5.40. The van der Waals surface area contributed by atoms with Gasteiger partial charge in [0, 0.05) is 6.20 Å². The molecule has 0 fully saturated rings. The molecule has 0 aliphatic rings. The van der Waals surface area contributed by atoms with Crippen LogP contribution in [0.3, 0.4) is 0 Å². The molecule has 1 atom stereocenters. The lowest BCUT2D eigenvalue weighted by Gasteiger charge is -2.25. The van der Waals surface area contributed by atoms with E-state index >= 15 is 0 Å². The number of rotatable bonds is 4. The number of nitrogens with two attached hydrogens (primary N) is 1. The van der Waals surface area contributed by atoms with Crippen LogP contribution in [0, 0.1) is 5.41 Å². The summed E-state index contributed by atoms with van der Waals surface area (Å²) in [6.45, 7) is 5.78. The fourth-order valence-electron chi connectivity index (χ4n) is 1.39. The molecule has 1 heterocycles. The minimum atomic E-state index is -1.03. The lowest BCUT2D eigenvalue weighted by Crippen LogP contribution is -2.48. The lowest BCUT2D eigenvalue weighted by molar-refractivity contribution is -0.124. The van der Waals surface area contributed by atoms with Crippen LogP contribution in [-0.4, -0.2) is 28.0 Å². The number of aromatic carboxylic acids is 1. The van der Waals surface area contributed by atoms with Gasteiger partial charge in [0.2, 0.25) is 5.91 Å². The Labute approximate surface area is 112 Å². The van der Waals surface area contributed by atoms with Gasteiger partial charge in [0.05, 0.1) is 23.8 Å². The van der Waals surface area contributed by atoms with Crippen molar-refractivity contribution in [3.63, 3.8) is 0 Å². The number of nitrogens with one attached hydrogen (secondary N) is 1. The average Bonchev–Trinajstić information content (AvgIpc) is 2.34. The Hall–Kier alpha value is -1.95. The Kier molecular flexibility index (Phi) is 4.61. The van der Waals surface area contributed by atoms with Crippen molar-refractivity contribution in [2.45, 2.75) is 33.4 Å². The fraction of sp³-hybridized carbons (Fsp3) is 0.462. The van der Waals surface area contributed by atoms with Crippen molar-refractivity contribution in [1.29, 1.82) is 0 Å². The summed E-state index contributed by atoms with van der Waals surface area (Å²) < 4.78 is 0. The van der Waals surface area contributed by atoms with E-state index in [2.05, 4.69) is 10.3 Å². The maximum Gasteiger partial charge on any atom is 0.335 e. The molecular formula is C13H19N3O3. The van der Waals surface area contributed by atoms with Gasteiger partial charge in [-0.3, -0.25) is 9.78 Å². The maximum absolute atomic E-state index is 11.8. The van der Waals surface area contributed by atoms with Crippen molar-refractivity contribution in [2.75, 3.05) is 0 Å². The second kappa shape index (κ2) is 5.79. The van der Waals surface area contributed by atoms with Crippen LogP contribution in [-0.2, 0) is 11.3 Å². The molecule has 1 aromatic rings. The number of hydrogen-bond acceptors (Lipinski definition) is 4. The molecule has 0 unspecified atom stereocenters. The molecule has 1 rings (SSSR count). The number of carboxylic acids is 1. The van der Waals surface area contributed by atoms with Gasteiger partial charge in [-0.25, -0.2) is 4.79 Å². The molecule has 0 aromatic carbocycles. The van der Waals surface area contributed by atoms with Gasteiger partial charge in [0.25, 0.3) is 0 Å². The standard InChI is InChI=1S/C13H19N3O3/c1-13(2,3)10(14)11(17)16-7-9-6-8(12(18)19)4-5-15-9/h4-6,10H,7,14H2,1-3H3,(H,16,17)(H,18,19)/t10-/m0/s1. The zero-order chi connectivity index (χ0) is 14.6. The Bertz CT molecular complexity index is 480. The number of carbonyl (C=O) groups excluding carboxylic acids is 1. The molecule has 6 nitrogen and oxygen atoms in total. The van der Waals surface area contributed by atoms with Crippen LogP contribution in [0.5, 0.6) is 0 Å². The summed E-state index contributed by atoms with van der Waals surface area (Å²) in [5.41, 5.74) is 6.10. The van der Waals surface area contributed by atoms with E-state index in [-0.39, 0.29) is 23.4 Å². The fourth-order valence-corrected chi connectivity index (χ4v) is 1.39. The zero-order valence-corrected chi connectivity index (χ0v) is 11.3. The normalized spacial score (nSPS) is 12.8. The molecule has 0 bridgehead atoms. The molecule has 1 amide bonds. The van der Waals surface area contributed by atoms with Gasteiger partial charge in [0.15, 0.2) is 0 Å². The topological polar surface area (TPSA) is 105 Å². The van der Waals surface area contributed by atoms with Crippen molar-refractivity contribution < 1.29 is 14.7 Å². The number of carbonyl (C=O) groups is 2. The van der Waals surface area contributed by atoms with Gasteiger partial charge in [-0.2, -0.15) is 0 Å². The summed E-state index contributed by atoms with van der Waals surface area (Å²) in [6, 6.07) is 2.19. The van der Waals surface area contributed by atoms with Gasteiger partial charge >= 0.3 is 5.97 Å². The van der Waals surface area contributed by atoms with E-state index in [0.29, 0.717) is 5.69 Å². The van der Waals surface area contributed by atoms with Crippen molar-refractivity contribution in [2.24, 2.45) is 11.1 Å². The zero-order valence-electron chi connectivity index (χ0n) is 11.3. The largest absolute Gasteiger partial charge is 0.478 e. The van der Waals surface area contributed by atoms with Gasteiger partial charge in [-0.05, 0) is 17.5 Å². The number of nitrogens with zero attached hydrogens (tertiary/aromatic N) is 1. The maximum atomic E-state index is 11.8. The molecule has 0 saturated carbocycles. The molecule has 104 valence electrons. The predicted molar refractivity (Wildman–Crippen MR) is 70.5 cm³/mol. The summed E-state index contributed by atoms with van der Waals surface area (Å²) in [4.78, 5) is 26.6. The number of pyridine rings is 1. The molecule has 19 heavy (non-hydrogen) atoms. The van der Waals surface area contributed by atoms with E-state index in [0.717, 1.165) is 0 Å². The SMILES string of the molecule is CC(C)(C)[C@@H](N)C(=O)NCc1cc(C(=O)O)ccn1. The van der Waals surface area contributed by atoms with Crippen LogP contribution in [0.2, 0.25) is 0 Å². The monoisotopic (exact) mass is 265 g/mol. The van der Waals surface area contributed by atoms with E-state index < -0.39 is 12.0 Å². The summed E-state index contributed by atoms with van der Waals surface area (Å²) in [6.07, 6.45) is 1.40.